The van der Waals surface area contributed by atoms with Gasteiger partial charge in [0.05, 0.1) is 0 Å². The number of rotatable bonds is 3. The van der Waals surface area contributed by atoms with Crippen molar-refractivity contribution in [1.82, 2.24) is 0 Å². The number of hydrogen-bond donors (Lipinski definition) is 0. The second-order valence-electron chi connectivity index (χ2n) is 3.56. The summed E-state index contributed by atoms with van der Waals surface area (Å²) in [5, 5.41) is 0. The summed E-state index contributed by atoms with van der Waals surface area (Å²) in [5.74, 6) is 0. The first-order chi connectivity index (χ1) is 6.65. The maximum atomic E-state index is 2.21. The second-order valence-corrected chi connectivity index (χ2v) is 4.81. The second kappa shape index (κ2) is 5.26. The zero-order chi connectivity index (χ0) is 10.6. The molecule has 0 aliphatic rings. The van der Waals surface area contributed by atoms with Gasteiger partial charge in [-0.1, -0.05) is 42.5 Å². The van der Waals surface area contributed by atoms with Crippen LogP contribution in [0.25, 0.3) is 0 Å². The van der Waals surface area contributed by atoms with E-state index in [2.05, 4.69) is 52.0 Å². The van der Waals surface area contributed by atoms with Crippen molar-refractivity contribution >= 4 is 11.8 Å². The summed E-state index contributed by atoms with van der Waals surface area (Å²) < 4.78 is 0. The van der Waals surface area contributed by atoms with E-state index in [0.717, 1.165) is 6.42 Å². The van der Waals surface area contributed by atoms with Crippen molar-refractivity contribution < 1.29 is 0 Å². The fraction of sp³-hybridized carbons (Fsp3) is 0.385. The maximum Gasteiger partial charge on any atom is 0.0148 e. The third-order valence-corrected chi connectivity index (χ3v) is 3.82. The van der Waals surface area contributed by atoms with E-state index < -0.39 is 0 Å². The van der Waals surface area contributed by atoms with Gasteiger partial charge < -0.3 is 0 Å². The van der Waals surface area contributed by atoms with E-state index in [9.17, 15) is 0 Å². The Labute approximate surface area is 91.4 Å². The summed E-state index contributed by atoms with van der Waals surface area (Å²) in [6.45, 7) is 8.78. The SMILES string of the molecule is CCC(C)=C(C)Sc1ccccc1C. The van der Waals surface area contributed by atoms with Crippen LogP contribution >= 0.6 is 11.8 Å². The Morgan fingerprint density at radius 1 is 1.21 bits per heavy atom. The molecular formula is C13H18S. The zero-order valence-corrected chi connectivity index (χ0v) is 10.2. The standard InChI is InChI=1S/C13H18S/c1-5-10(2)12(4)14-13-9-7-6-8-11(13)3/h6-9H,5H2,1-4H3. The predicted molar refractivity (Wildman–Crippen MR) is 65.7 cm³/mol. The van der Waals surface area contributed by atoms with Crippen LogP contribution in [0.1, 0.15) is 32.8 Å². The lowest BCUT2D eigenvalue weighted by atomic mass is 10.2. The van der Waals surface area contributed by atoms with Crippen molar-refractivity contribution in [3.63, 3.8) is 0 Å². The summed E-state index contributed by atoms with van der Waals surface area (Å²) in [5.41, 5.74) is 2.85. The fourth-order valence-corrected chi connectivity index (χ4v) is 2.20. The van der Waals surface area contributed by atoms with Crippen LogP contribution in [0, 0.1) is 6.92 Å². The summed E-state index contributed by atoms with van der Waals surface area (Å²) >= 11 is 1.88. The summed E-state index contributed by atoms with van der Waals surface area (Å²) in [6, 6.07) is 8.54. The Kier molecular flexibility index (Phi) is 4.27. The van der Waals surface area contributed by atoms with Crippen LogP contribution < -0.4 is 0 Å². The van der Waals surface area contributed by atoms with E-state index in [0.29, 0.717) is 0 Å². The van der Waals surface area contributed by atoms with Gasteiger partial charge in [-0.15, -0.1) is 0 Å². The van der Waals surface area contributed by atoms with Gasteiger partial charge in [0, 0.05) is 4.90 Å². The molecule has 0 amide bonds. The van der Waals surface area contributed by atoms with Crippen molar-refractivity contribution in [2.75, 3.05) is 0 Å². The molecular weight excluding hydrogens is 188 g/mol. The maximum absolute atomic E-state index is 2.21. The Balaban J connectivity index is 2.85. The average Bonchev–Trinajstić information content (AvgIpc) is 2.20. The monoisotopic (exact) mass is 206 g/mol. The number of hydrogen-bond acceptors (Lipinski definition) is 1. The highest BCUT2D eigenvalue weighted by atomic mass is 32.2. The van der Waals surface area contributed by atoms with E-state index in [-0.39, 0.29) is 0 Å². The highest BCUT2D eigenvalue weighted by molar-refractivity contribution is 8.03. The number of thioether (sulfide) groups is 1. The van der Waals surface area contributed by atoms with E-state index >= 15 is 0 Å². The van der Waals surface area contributed by atoms with Gasteiger partial charge in [-0.25, -0.2) is 0 Å². The Morgan fingerprint density at radius 2 is 1.86 bits per heavy atom. The van der Waals surface area contributed by atoms with Crippen LogP contribution in [0.5, 0.6) is 0 Å². The molecule has 1 heteroatoms. The lowest BCUT2D eigenvalue weighted by Gasteiger charge is -2.07. The van der Waals surface area contributed by atoms with Crippen molar-refractivity contribution in [2.45, 2.75) is 39.0 Å². The van der Waals surface area contributed by atoms with E-state index in [1.807, 2.05) is 11.8 Å². The fourth-order valence-electron chi connectivity index (χ4n) is 1.17. The molecule has 76 valence electrons. The third kappa shape index (κ3) is 2.91. The van der Waals surface area contributed by atoms with Crippen molar-refractivity contribution in [3.05, 3.63) is 40.3 Å². The van der Waals surface area contributed by atoms with Gasteiger partial charge in [-0.3, -0.25) is 0 Å². The van der Waals surface area contributed by atoms with E-state index in [4.69, 9.17) is 0 Å². The molecule has 0 spiro atoms. The molecule has 0 N–H and O–H groups in total. The van der Waals surface area contributed by atoms with E-state index in [1.165, 1.54) is 20.9 Å². The molecule has 0 unspecified atom stereocenters. The van der Waals surface area contributed by atoms with Crippen molar-refractivity contribution in [1.29, 1.82) is 0 Å². The molecule has 0 aromatic heterocycles. The van der Waals surface area contributed by atoms with Crippen LogP contribution in [-0.2, 0) is 0 Å². The molecule has 0 heterocycles. The molecule has 0 nitrogen and oxygen atoms in total. The summed E-state index contributed by atoms with van der Waals surface area (Å²) in [6.07, 6.45) is 1.14. The zero-order valence-electron chi connectivity index (χ0n) is 9.42. The first-order valence-corrected chi connectivity index (χ1v) is 5.86. The van der Waals surface area contributed by atoms with Gasteiger partial charge >= 0.3 is 0 Å². The molecule has 14 heavy (non-hydrogen) atoms. The quantitative estimate of drug-likeness (QED) is 0.641. The van der Waals surface area contributed by atoms with Gasteiger partial charge in [0.1, 0.15) is 0 Å². The van der Waals surface area contributed by atoms with Gasteiger partial charge in [-0.2, -0.15) is 0 Å². The van der Waals surface area contributed by atoms with Gasteiger partial charge in [0.2, 0.25) is 0 Å². The molecule has 0 saturated carbocycles. The highest BCUT2D eigenvalue weighted by Gasteiger charge is 2.00. The number of aryl methyl sites for hydroxylation is 1. The van der Waals surface area contributed by atoms with Gasteiger partial charge in [0.15, 0.2) is 0 Å². The van der Waals surface area contributed by atoms with Gasteiger partial charge in [-0.05, 0) is 43.7 Å². The van der Waals surface area contributed by atoms with Crippen LogP contribution in [0.3, 0.4) is 0 Å². The minimum Gasteiger partial charge on any atom is -0.0946 e. The van der Waals surface area contributed by atoms with Crippen LogP contribution in [-0.4, -0.2) is 0 Å². The molecule has 0 aliphatic heterocycles. The van der Waals surface area contributed by atoms with Crippen LogP contribution in [0.15, 0.2) is 39.6 Å². The molecule has 1 rings (SSSR count). The lowest BCUT2D eigenvalue weighted by molar-refractivity contribution is 1.08. The Hall–Kier alpha value is -0.690. The smallest absolute Gasteiger partial charge is 0.0148 e. The Bertz CT molecular complexity index is 337. The van der Waals surface area contributed by atoms with Gasteiger partial charge in [0.25, 0.3) is 0 Å². The lowest BCUT2D eigenvalue weighted by Crippen LogP contribution is -1.81. The normalized spacial score (nSPS) is 12.6. The number of benzene rings is 1. The summed E-state index contributed by atoms with van der Waals surface area (Å²) in [4.78, 5) is 2.81. The van der Waals surface area contributed by atoms with Crippen molar-refractivity contribution in [3.8, 4) is 0 Å². The predicted octanol–water partition coefficient (Wildman–Crippen LogP) is 4.79. The Morgan fingerprint density at radius 3 is 2.43 bits per heavy atom. The average molecular weight is 206 g/mol. The molecule has 0 bridgehead atoms. The minimum absolute atomic E-state index is 1.14. The molecule has 0 atom stereocenters. The third-order valence-electron chi connectivity index (χ3n) is 2.49. The first kappa shape index (κ1) is 11.4. The first-order valence-electron chi connectivity index (χ1n) is 5.05. The molecule has 0 radical (unpaired) electrons. The molecule has 1 aromatic carbocycles. The minimum atomic E-state index is 1.14. The molecule has 0 aliphatic carbocycles. The van der Waals surface area contributed by atoms with Crippen molar-refractivity contribution in [2.24, 2.45) is 0 Å². The number of allylic oxidation sites excluding steroid dienone is 2. The highest BCUT2D eigenvalue weighted by Crippen LogP contribution is 2.31. The molecule has 1 aromatic rings. The van der Waals surface area contributed by atoms with Crippen LogP contribution in [0.4, 0.5) is 0 Å². The summed E-state index contributed by atoms with van der Waals surface area (Å²) in [7, 11) is 0. The van der Waals surface area contributed by atoms with Crippen LogP contribution in [0.2, 0.25) is 0 Å². The largest absolute Gasteiger partial charge is 0.0946 e. The topological polar surface area (TPSA) is 0 Å². The molecule has 0 saturated heterocycles. The van der Waals surface area contributed by atoms with E-state index in [1.54, 1.807) is 0 Å². The molecule has 0 fully saturated rings.